The molecule has 0 spiro atoms. The molecule has 0 fully saturated rings. The van der Waals surface area contributed by atoms with Crippen LogP contribution >= 0.6 is 0 Å². The van der Waals surface area contributed by atoms with Crippen molar-refractivity contribution in [3.8, 4) is 0 Å². The topological polar surface area (TPSA) is 52.7 Å². The Hall–Kier alpha value is -1.91. The second-order valence-corrected chi connectivity index (χ2v) is 3.38. The van der Waals surface area contributed by atoms with Crippen LogP contribution < -0.4 is 0 Å². The first-order valence-corrected chi connectivity index (χ1v) is 4.67. The summed E-state index contributed by atoms with van der Waals surface area (Å²) < 4.78 is 3.57. The molecular formula is C10H12N4O. The smallest absolute Gasteiger partial charge is 0.176 e. The molecule has 0 saturated carbocycles. The number of Topliss-reactive ketones (excluding diaryl/α,β-unsaturated/α-hetero) is 1. The van der Waals surface area contributed by atoms with E-state index in [9.17, 15) is 4.79 Å². The fourth-order valence-electron chi connectivity index (χ4n) is 1.49. The van der Waals surface area contributed by atoms with Gasteiger partial charge in [-0.1, -0.05) is 0 Å². The number of hydrogen-bond donors (Lipinski definition) is 0. The van der Waals surface area contributed by atoms with Crippen LogP contribution in [0.25, 0.3) is 0 Å². The minimum absolute atomic E-state index is 0.0576. The van der Waals surface area contributed by atoms with E-state index in [1.807, 2.05) is 23.9 Å². The van der Waals surface area contributed by atoms with E-state index < -0.39 is 0 Å². The third-order valence-electron chi connectivity index (χ3n) is 2.31. The Morgan fingerprint density at radius 1 is 1.53 bits per heavy atom. The molecule has 2 rings (SSSR count). The van der Waals surface area contributed by atoms with Gasteiger partial charge in [0.05, 0.1) is 12.2 Å². The Kier molecular flexibility index (Phi) is 2.37. The van der Waals surface area contributed by atoms with Crippen LogP contribution in [0.5, 0.6) is 0 Å². The van der Waals surface area contributed by atoms with Gasteiger partial charge in [-0.25, -0.2) is 4.98 Å². The van der Waals surface area contributed by atoms with E-state index in [2.05, 4.69) is 10.1 Å². The Morgan fingerprint density at radius 3 is 2.93 bits per heavy atom. The monoisotopic (exact) mass is 204 g/mol. The second kappa shape index (κ2) is 3.68. The zero-order valence-corrected chi connectivity index (χ0v) is 8.71. The molecule has 0 bridgehead atoms. The molecule has 0 amide bonds. The number of hydrogen-bond acceptors (Lipinski definition) is 3. The third kappa shape index (κ3) is 1.81. The Morgan fingerprint density at radius 2 is 2.33 bits per heavy atom. The van der Waals surface area contributed by atoms with Crippen molar-refractivity contribution in [1.29, 1.82) is 0 Å². The van der Waals surface area contributed by atoms with Crippen molar-refractivity contribution in [3.05, 3.63) is 36.2 Å². The number of carbonyl (C=O) groups is 1. The maximum Gasteiger partial charge on any atom is 0.176 e. The fraction of sp³-hybridized carbons (Fsp3) is 0.300. The van der Waals surface area contributed by atoms with Gasteiger partial charge in [0.1, 0.15) is 12.2 Å². The molecule has 0 atom stereocenters. The maximum atomic E-state index is 11.3. The average molecular weight is 204 g/mol. The number of nitrogens with zero attached hydrogens (tertiary/aromatic N) is 4. The van der Waals surface area contributed by atoms with E-state index in [0.29, 0.717) is 12.2 Å². The third-order valence-corrected chi connectivity index (χ3v) is 2.31. The molecule has 0 radical (unpaired) electrons. The minimum atomic E-state index is 0.0576. The summed E-state index contributed by atoms with van der Waals surface area (Å²) >= 11 is 0. The Bertz CT molecular complexity index is 483. The first-order chi connectivity index (χ1) is 7.18. The second-order valence-electron chi connectivity index (χ2n) is 3.38. The van der Waals surface area contributed by atoms with Crippen LogP contribution in [0.2, 0.25) is 0 Å². The van der Waals surface area contributed by atoms with Crippen LogP contribution in [0, 0.1) is 0 Å². The molecular weight excluding hydrogens is 192 g/mol. The lowest BCUT2D eigenvalue weighted by atomic mass is 10.3. The number of aryl methyl sites for hydroxylation is 1. The van der Waals surface area contributed by atoms with Gasteiger partial charge < -0.3 is 4.57 Å². The van der Waals surface area contributed by atoms with Gasteiger partial charge in [0, 0.05) is 20.2 Å². The maximum absolute atomic E-state index is 11.3. The first kappa shape index (κ1) is 9.64. The van der Waals surface area contributed by atoms with Crippen molar-refractivity contribution in [2.75, 3.05) is 0 Å². The predicted octanol–water partition coefficient (Wildman–Crippen LogP) is 0.867. The summed E-state index contributed by atoms with van der Waals surface area (Å²) in [4.78, 5) is 15.4. The molecule has 0 saturated heterocycles. The molecule has 0 aliphatic rings. The van der Waals surface area contributed by atoms with Crippen LogP contribution in [0.3, 0.4) is 0 Å². The van der Waals surface area contributed by atoms with Crippen LogP contribution in [0.1, 0.15) is 23.2 Å². The SMILES string of the molecule is CC(=O)c1cccn1Cc1ncnn1C. The fourth-order valence-corrected chi connectivity index (χ4v) is 1.49. The summed E-state index contributed by atoms with van der Waals surface area (Å²) in [6, 6.07) is 3.66. The lowest BCUT2D eigenvalue weighted by Crippen LogP contribution is -2.10. The van der Waals surface area contributed by atoms with Gasteiger partial charge in [-0.3, -0.25) is 9.48 Å². The molecule has 15 heavy (non-hydrogen) atoms. The number of rotatable bonds is 3. The zero-order valence-electron chi connectivity index (χ0n) is 8.71. The quantitative estimate of drug-likeness (QED) is 0.697. The van der Waals surface area contributed by atoms with Crippen molar-refractivity contribution in [2.45, 2.75) is 13.5 Å². The number of carbonyl (C=O) groups excluding carboxylic acids is 1. The summed E-state index contributed by atoms with van der Waals surface area (Å²) in [6.07, 6.45) is 3.37. The highest BCUT2D eigenvalue weighted by molar-refractivity contribution is 5.92. The summed E-state index contributed by atoms with van der Waals surface area (Å²) in [7, 11) is 1.83. The molecule has 5 heteroatoms. The van der Waals surface area contributed by atoms with Crippen LogP contribution in [0.15, 0.2) is 24.7 Å². The molecule has 0 aliphatic heterocycles. The first-order valence-electron chi connectivity index (χ1n) is 4.67. The summed E-state index contributed by atoms with van der Waals surface area (Å²) in [5.74, 6) is 0.885. The van der Waals surface area contributed by atoms with Crippen molar-refractivity contribution < 1.29 is 4.79 Å². The summed E-state index contributed by atoms with van der Waals surface area (Å²) in [5.41, 5.74) is 0.693. The lowest BCUT2D eigenvalue weighted by molar-refractivity contribution is 0.100. The van der Waals surface area contributed by atoms with Gasteiger partial charge in [0.25, 0.3) is 0 Å². The summed E-state index contributed by atoms with van der Waals surface area (Å²) in [5, 5.41) is 3.98. The predicted molar refractivity (Wildman–Crippen MR) is 54.5 cm³/mol. The van der Waals surface area contributed by atoms with Crippen molar-refractivity contribution >= 4 is 5.78 Å². The molecule has 0 aliphatic carbocycles. The molecule has 78 valence electrons. The van der Waals surface area contributed by atoms with E-state index in [1.165, 1.54) is 6.33 Å². The molecule has 2 heterocycles. The van der Waals surface area contributed by atoms with Gasteiger partial charge in [0.2, 0.25) is 0 Å². The minimum Gasteiger partial charge on any atom is -0.337 e. The van der Waals surface area contributed by atoms with E-state index >= 15 is 0 Å². The summed E-state index contributed by atoms with van der Waals surface area (Å²) in [6.45, 7) is 2.13. The Labute approximate surface area is 87.4 Å². The Balaban J connectivity index is 2.28. The van der Waals surface area contributed by atoms with Gasteiger partial charge in [-0.2, -0.15) is 5.10 Å². The average Bonchev–Trinajstić information content (AvgIpc) is 2.77. The lowest BCUT2D eigenvalue weighted by Gasteiger charge is -2.05. The van der Waals surface area contributed by atoms with Gasteiger partial charge >= 0.3 is 0 Å². The molecule has 0 N–H and O–H groups in total. The van der Waals surface area contributed by atoms with E-state index in [-0.39, 0.29) is 5.78 Å². The molecule has 2 aromatic rings. The van der Waals surface area contributed by atoms with Gasteiger partial charge in [0.15, 0.2) is 5.78 Å². The van der Waals surface area contributed by atoms with Crippen LogP contribution in [-0.2, 0) is 13.6 Å². The van der Waals surface area contributed by atoms with E-state index in [0.717, 1.165) is 5.82 Å². The van der Waals surface area contributed by atoms with Crippen LogP contribution in [0.4, 0.5) is 0 Å². The largest absolute Gasteiger partial charge is 0.337 e. The van der Waals surface area contributed by atoms with E-state index in [4.69, 9.17) is 0 Å². The van der Waals surface area contributed by atoms with Crippen molar-refractivity contribution in [1.82, 2.24) is 19.3 Å². The van der Waals surface area contributed by atoms with Crippen LogP contribution in [-0.4, -0.2) is 25.1 Å². The zero-order chi connectivity index (χ0) is 10.8. The highest BCUT2D eigenvalue weighted by atomic mass is 16.1. The van der Waals surface area contributed by atoms with Gasteiger partial charge in [-0.05, 0) is 12.1 Å². The van der Waals surface area contributed by atoms with Crippen molar-refractivity contribution in [3.63, 3.8) is 0 Å². The molecule has 0 aromatic carbocycles. The highest BCUT2D eigenvalue weighted by Gasteiger charge is 2.08. The van der Waals surface area contributed by atoms with Crippen molar-refractivity contribution in [2.24, 2.45) is 7.05 Å². The number of aromatic nitrogens is 4. The van der Waals surface area contributed by atoms with E-state index in [1.54, 1.807) is 17.7 Å². The molecule has 5 nitrogen and oxygen atoms in total. The highest BCUT2D eigenvalue weighted by Crippen LogP contribution is 2.06. The molecule has 2 aromatic heterocycles. The number of ketones is 1. The normalized spacial score (nSPS) is 10.5. The standard InChI is InChI=1S/C10H12N4O/c1-8(15)9-4-3-5-14(9)6-10-11-7-12-13(10)2/h3-5,7H,6H2,1-2H3. The van der Waals surface area contributed by atoms with Gasteiger partial charge in [-0.15, -0.1) is 0 Å². The molecule has 0 unspecified atom stereocenters.